The van der Waals surface area contributed by atoms with E-state index in [0.717, 1.165) is 45.0 Å². The minimum Gasteiger partial charge on any atom is -0.372 e. The van der Waals surface area contributed by atoms with Crippen LogP contribution in [0.5, 0.6) is 0 Å². The maximum absolute atomic E-state index is 6.24. The Kier molecular flexibility index (Phi) is 6.55. The van der Waals surface area contributed by atoms with Gasteiger partial charge in [0.25, 0.3) is 0 Å². The molecule has 0 atom stereocenters. The van der Waals surface area contributed by atoms with E-state index in [1.54, 1.807) is 0 Å². The largest absolute Gasteiger partial charge is 0.372 e. The number of nitrogens with zero attached hydrogens (tertiary/aromatic N) is 2. The lowest BCUT2D eigenvalue weighted by molar-refractivity contribution is 0.0934. The van der Waals surface area contributed by atoms with E-state index in [-0.39, 0.29) is 0 Å². The second-order valence-electron chi connectivity index (χ2n) is 12.0. The van der Waals surface area contributed by atoms with Crippen LogP contribution in [0.1, 0.15) is 22.3 Å². The first-order valence-corrected chi connectivity index (χ1v) is 15.9. The molecule has 6 aliphatic rings. The van der Waals surface area contributed by atoms with E-state index in [1.165, 1.54) is 32.9 Å². The number of benzene rings is 7. The Bertz CT molecular complexity index is 2070. The summed E-state index contributed by atoms with van der Waals surface area (Å²) in [4.78, 5) is 4.88. The first-order valence-electron chi connectivity index (χ1n) is 15.9. The summed E-state index contributed by atoms with van der Waals surface area (Å²) >= 11 is 0. The molecule has 6 heterocycles. The lowest BCUT2D eigenvalue weighted by atomic mass is 9.93. The SMILES string of the molecule is c1ccc2c(c1)COCc1ccc(cc1)N1c3ccccc3N(c3ccc(cc3)COC2)c2c1c1ccccc1c1ccccc21. The lowest BCUT2D eigenvalue weighted by Crippen LogP contribution is -2.24. The predicted octanol–water partition coefficient (Wildman–Crippen LogP) is 11.0. The maximum atomic E-state index is 6.24. The highest BCUT2D eigenvalue weighted by Gasteiger charge is 2.33. The molecule has 7 aromatic carbocycles. The van der Waals surface area contributed by atoms with Crippen LogP contribution < -0.4 is 9.80 Å². The van der Waals surface area contributed by atoms with Gasteiger partial charge in [-0.05, 0) is 69.4 Å². The third kappa shape index (κ3) is 4.46. The van der Waals surface area contributed by atoms with Crippen molar-refractivity contribution in [1.82, 2.24) is 0 Å². The fraction of sp³-hybridized carbons (Fsp3) is 0.0952. The number of fused-ring (bicyclic) bond motifs is 3. The van der Waals surface area contributed by atoms with E-state index in [2.05, 4.69) is 155 Å². The van der Waals surface area contributed by atoms with E-state index >= 15 is 0 Å². The lowest BCUT2D eigenvalue weighted by Gasteiger charge is -2.42. The predicted molar refractivity (Wildman–Crippen MR) is 188 cm³/mol. The van der Waals surface area contributed by atoms with Gasteiger partial charge in [0.1, 0.15) is 0 Å². The molecule has 0 saturated heterocycles. The van der Waals surface area contributed by atoms with Crippen LogP contribution in [-0.2, 0) is 35.9 Å². The van der Waals surface area contributed by atoms with Crippen LogP contribution >= 0.6 is 0 Å². The van der Waals surface area contributed by atoms with E-state index in [4.69, 9.17) is 9.47 Å². The van der Waals surface area contributed by atoms with Crippen molar-refractivity contribution in [3.8, 4) is 0 Å². The van der Waals surface area contributed by atoms with E-state index in [1.807, 2.05) is 0 Å². The summed E-state index contributed by atoms with van der Waals surface area (Å²) in [5.41, 5.74) is 11.5. The summed E-state index contributed by atoms with van der Waals surface area (Å²) in [7, 11) is 0. The molecule has 6 bridgehead atoms. The average molecular weight is 597 g/mol. The van der Waals surface area contributed by atoms with E-state index in [9.17, 15) is 0 Å². The molecule has 7 aromatic rings. The summed E-state index contributed by atoms with van der Waals surface area (Å²) in [5.74, 6) is 0. The molecule has 4 heteroatoms. The van der Waals surface area contributed by atoms with Crippen LogP contribution in [0, 0.1) is 0 Å². The minimum absolute atomic E-state index is 0.538. The second kappa shape index (κ2) is 11.2. The van der Waals surface area contributed by atoms with Crippen molar-refractivity contribution in [1.29, 1.82) is 0 Å². The zero-order valence-corrected chi connectivity index (χ0v) is 25.4. The number of rotatable bonds is 0. The molecule has 4 nitrogen and oxygen atoms in total. The second-order valence-corrected chi connectivity index (χ2v) is 12.0. The van der Waals surface area contributed by atoms with Crippen molar-refractivity contribution >= 4 is 55.7 Å². The first-order chi connectivity index (χ1) is 22.8. The van der Waals surface area contributed by atoms with Crippen molar-refractivity contribution < 1.29 is 9.47 Å². The van der Waals surface area contributed by atoms with Crippen LogP contribution in [0.15, 0.2) is 146 Å². The molecule has 0 N–H and O–H groups in total. The van der Waals surface area contributed by atoms with Gasteiger partial charge >= 0.3 is 0 Å². The highest BCUT2D eigenvalue weighted by Crippen LogP contribution is 2.58. The molecule has 0 aliphatic carbocycles. The van der Waals surface area contributed by atoms with Crippen molar-refractivity contribution in [2.45, 2.75) is 26.4 Å². The zero-order valence-electron chi connectivity index (χ0n) is 25.4. The van der Waals surface area contributed by atoms with Gasteiger partial charge in [0.2, 0.25) is 0 Å². The van der Waals surface area contributed by atoms with Gasteiger partial charge in [-0.1, -0.05) is 109 Å². The van der Waals surface area contributed by atoms with Crippen LogP contribution in [0.25, 0.3) is 21.5 Å². The molecular weight excluding hydrogens is 564 g/mol. The maximum Gasteiger partial charge on any atom is 0.0788 e. The highest BCUT2D eigenvalue weighted by atomic mass is 16.5. The number of ether oxygens (including phenoxy) is 2. The molecular formula is C42H32N2O2. The van der Waals surface area contributed by atoms with Crippen LogP contribution in [-0.4, -0.2) is 0 Å². The fourth-order valence-electron chi connectivity index (χ4n) is 7.06. The van der Waals surface area contributed by atoms with Gasteiger partial charge in [-0.15, -0.1) is 0 Å². The zero-order chi connectivity index (χ0) is 30.5. The Balaban J connectivity index is 1.30. The molecule has 0 aromatic heterocycles. The Labute approximate surface area is 268 Å². The molecule has 0 saturated carbocycles. The van der Waals surface area contributed by atoms with Gasteiger partial charge in [0.15, 0.2) is 0 Å². The number of anilines is 6. The molecule has 0 fully saturated rings. The van der Waals surface area contributed by atoms with Gasteiger partial charge in [0, 0.05) is 22.1 Å². The summed E-state index contributed by atoms with van der Waals surface area (Å²) in [6.07, 6.45) is 0. The molecule has 0 spiro atoms. The first kappa shape index (κ1) is 26.9. The molecule has 0 amide bonds. The number of para-hydroxylation sites is 2. The summed E-state index contributed by atoms with van der Waals surface area (Å²) in [6.45, 7) is 2.15. The molecule has 0 radical (unpaired) electrons. The normalized spacial score (nSPS) is 14.3. The Morgan fingerprint density at radius 3 is 1.15 bits per heavy atom. The van der Waals surface area contributed by atoms with Gasteiger partial charge in [-0.3, -0.25) is 0 Å². The topological polar surface area (TPSA) is 24.9 Å². The Morgan fingerprint density at radius 2 is 0.717 bits per heavy atom. The van der Waals surface area contributed by atoms with Crippen LogP contribution in [0.2, 0.25) is 0 Å². The van der Waals surface area contributed by atoms with Crippen molar-refractivity contribution in [3.63, 3.8) is 0 Å². The smallest absolute Gasteiger partial charge is 0.0788 e. The monoisotopic (exact) mass is 596 g/mol. The van der Waals surface area contributed by atoms with E-state index in [0.29, 0.717) is 26.4 Å². The number of hydrogen-bond donors (Lipinski definition) is 0. The average Bonchev–Trinajstić information content (AvgIpc) is 3.12. The van der Waals surface area contributed by atoms with Crippen LogP contribution in [0.4, 0.5) is 34.1 Å². The van der Waals surface area contributed by atoms with Gasteiger partial charge in [-0.2, -0.15) is 0 Å². The van der Waals surface area contributed by atoms with Crippen LogP contribution in [0.3, 0.4) is 0 Å². The van der Waals surface area contributed by atoms with Crippen molar-refractivity contribution in [2.24, 2.45) is 0 Å². The van der Waals surface area contributed by atoms with Crippen molar-refractivity contribution in [2.75, 3.05) is 9.80 Å². The third-order valence-electron chi connectivity index (χ3n) is 9.25. The summed E-state index contributed by atoms with van der Waals surface area (Å²) in [5, 5.41) is 4.92. The van der Waals surface area contributed by atoms with Gasteiger partial charge in [-0.25, -0.2) is 0 Å². The summed E-state index contributed by atoms with van der Waals surface area (Å²) < 4.78 is 12.5. The molecule has 222 valence electrons. The number of hydrogen-bond acceptors (Lipinski definition) is 4. The standard InChI is InChI=1S/C42H32N2O2/c1-2-10-32-28-46-26-30-19-23-34(24-20-30)44-40-16-8-7-15-39(40)43(33-21-17-29(18-22-33)25-45-27-31(32)9-1)41-37-13-5-3-11-35(37)36-12-4-6-14-38(36)42(41)44/h1-24H,25-28H2. The minimum atomic E-state index is 0.538. The highest BCUT2D eigenvalue weighted by molar-refractivity contribution is 6.25. The molecule has 0 unspecified atom stereocenters. The Hall–Kier alpha value is -5.42. The molecule has 46 heavy (non-hydrogen) atoms. The molecule has 6 aliphatic heterocycles. The van der Waals surface area contributed by atoms with Gasteiger partial charge in [0.05, 0.1) is 49.2 Å². The van der Waals surface area contributed by atoms with Crippen molar-refractivity contribution in [3.05, 3.63) is 168 Å². The quantitative estimate of drug-likeness (QED) is 0.163. The summed E-state index contributed by atoms with van der Waals surface area (Å²) in [6, 6.07) is 52.4. The van der Waals surface area contributed by atoms with E-state index < -0.39 is 0 Å². The molecule has 13 rings (SSSR count). The Morgan fingerprint density at radius 1 is 0.348 bits per heavy atom. The third-order valence-corrected chi connectivity index (χ3v) is 9.25. The fourth-order valence-corrected chi connectivity index (χ4v) is 7.06. The van der Waals surface area contributed by atoms with Gasteiger partial charge < -0.3 is 19.3 Å².